The quantitative estimate of drug-likeness (QED) is 0.688. The van der Waals surface area contributed by atoms with E-state index < -0.39 is 11.5 Å². The maximum absolute atomic E-state index is 12.5. The Hall–Kier alpha value is -2.71. The van der Waals surface area contributed by atoms with Crippen molar-refractivity contribution in [2.45, 2.75) is 32.2 Å². The molecule has 2 N–H and O–H groups in total. The van der Waals surface area contributed by atoms with Crippen LogP contribution in [-0.2, 0) is 6.54 Å². The number of amides is 1. The summed E-state index contributed by atoms with van der Waals surface area (Å²) < 4.78 is 7.24. The highest BCUT2D eigenvalue weighted by Crippen LogP contribution is 2.23. The molecule has 148 valence electrons. The van der Waals surface area contributed by atoms with Crippen LogP contribution in [0.3, 0.4) is 0 Å². The molecule has 0 aliphatic carbocycles. The predicted molar refractivity (Wildman–Crippen MR) is 106 cm³/mol. The fraction of sp³-hybridized carbons (Fsp3) is 0.368. The van der Waals surface area contributed by atoms with Gasteiger partial charge in [0.25, 0.3) is 5.91 Å². The molecule has 3 aromatic heterocycles. The zero-order valence-corrected chi connectivity index (χ0v) is 16.3. The van der Waals surface area contributed by atoms with E-state index in [9.17, 15) is 9.59 Å². The van der Waals surface area contributed by atoms with E-state index in [1.165, 1.54) is 0 Å². The second-order valence-electron chi connectivity index (χ2n) is 6.78. The van der Waals surface area contributed by atoms with Gasteiger partial charge in [0.1, 0.15) is 11.3 Å². The van der Waals surface area contributed by atoms with Crippen molar-refractivity contribution >= 4 is 24.1 Å². The molecule has 4 rings (SSSR count). The van der Waals surface area contributed by atoms with Crippen molar-refractivity contribution in [3.05, 3.63) is 63.7 Å². The number of rotatable bonds is 4. The largest absolute Gasteiger partial charge is 0.427 e. The van der Waals surface area contributed by atoms with Crippen molar-refractivity contribution in [1.29, 1.82) is 0 Å². The molecule has 1 fully saturated rings. The summed E-state index contributed by atoms with van der Waals surface area (Å²) in [5.41, 5.74) is 0.740. The molecule has 0 radical (unpaired) electrons. The SMILES string of the molecule is Cc1cc(C2CCCNC2)oc(=O)c1C(=O)NCc1cn2cccnc2n1.Cl. The number of hydrogen-bond acceptors (Lipinski definition) is 6. The Kier molecular flexibility index (Phi) is 6.11. The summed E-state index contributed by atoms with van der Waals surface area (Å²) in [7, 11) is 0. The normalized spacial score (nSPS) is 16.5. The summed E-state index contributed by atoms with van der Waals surface area (Å²) in [6, 6.07) is 3.61. The first-order chi connectivity index (χ1) is 13.1. The molecule has 1 aliphatic rings. The predicted octanol–water partition coefficient (Wildman–Crippen LogP) is 1.81. The van der Waals surface area contributed by atoms with Gasteiger partial charge < -0.3 is 15.1 Å². The number of aromatic nitrogens is 3. The average molecular weight is 404 g/mol. The van der Waals surface area contributed by atoms with Gasteiger partial charge in [0.05, 0.1) is 12.2 Å². The molecule has 3 aromatic rings. The molecule has 1 aliphatic heterocycles. The molecule has 1 unspecified atom stereocenters. The van der Waals surface area contributed by atoms with E-state index in [4.69, 9.17) is 4.42 Å². The van der Waals surface area contributed by atoms with Crippen molar-refractivity contribution in [2.24, 2.45) is 0 Å². The number of nitrogens with zero attached hydrogens (tertiary/aromatic N) is 3. The fourth-order valence-corrected chi connectivity index (χ4v) is 3.43. The van der Waals surface area contributed by atoms with Gasteiger partial charge in [-0.1, -0.05) is 0 Å². The van der Waals surface area contributed by atoms with Gasteiger partial charge in [-0.25, -0.2) is 14.8 Å². The van der Waals surface area contributed by atoms with Crippen LogP contribution < -0.4 is 16.3 Å². The minimum Gasteiger partial charge on any atom is -0.427 e. The number of fused-ring (bicyclic) bond motifs is 1. The van der Waals surface area contributed by atoms with Gasteiger partial charge in [0.15, 0.2) is 0 Å². The highest BCUT2D eigenvalue weighted by atomic mass is 35.5. The molecule has 0 aromatic carbocycles. The topological polar surface area (TPSA) is 102 Å². The lowest BCUT2D eigenvalue weighted by Crippen LogP contribution is -2.31. The number of aryl methyl sites for hydroxylation is 1. The number of carbonyl (C=O) groups excluding carboxylic acids is 1. The fourth-order valence-electron chi connectivity index (χ4n) is 3.43. The number of carbonyl (C=O) groups is 1. The molecule has 1 atom stereocenters. The molecular formula is C19H22ClN5O3. The summed E-state index contributed by atoms with van der Waals surface area (Å²) in [6.07, 6.45) is 7.30. The molecule has 0 bridgehead atoms. The van der Waals surface area contributed by atoms with Gasteiger partial charge in [-0.15, -0.1) is 12.4 Å². The Labute approximate surface area is 167 Å². The van der Waals surface area contributed by atoms with Crippen LogP contribution in [0.2, 0.25) is 0 Å². The van der Waals surface area contributed by atoms with Crippen molar-refractivity contribution in [2.75, 3.05) is 13.1 Å². The molecule has 0 spiro atoms. The monoisotopic (exact) mass is 403 g/mol. The first-order valence-corrected chi connectivity index (χ1v) is 9.04. The van der Waals surface area contributed by atoms with Crippen LogP contribution >= 0.6 is 12.4 Å². The average Bonchev–Trinajstić information content (AvgIpc) is 3.09. The second kappa shape index (κ2) is 8.53. The highest BCUT2D eigenvalue weighted by molar-refractivity contribution is 5.95. The lowest BCUT2D eigenvalue weighted by atomic mass is 9.95. The summed E-state index contributed by atoms with van der Waals surface area (Å²) >= 11 is 0. The minimum absolute atomic E-state index is 0. The van der Waals surface area contributed by atoms with E-state index in [1.807, 2.05) is 12.3 Å². The van der Waals surface area contributed by atoms with E-state index in [0.29, 0.717) is 22.8 Å². The zero-order chi connectivity index (χ0) is 18.8. The van der Waals surface area contributed by atoms with Crippen LogP contribution in [-0.4, -0.2) is 33.4 Å². The first kappa shape index (κ1) is 20.0. The third-order valence-electron chi connectivity index (χ3n) is 4.81. The maximum atomic E-state index is 12.5. The van der Waals surface area contributed by atoms with E-state index in [-0.39, 0.29) is 30.4 Å². The number of hydrogen-bond donors (Lipinski definition) is 2. The van der Waals surface area contributed by atoms with Crippen LogP contribution in [0.25, 0.3) is 5.78 Å². The van der Waals surface area contributed by atoms with Crippen LogP contribution in [0.15, 0.2) is 39.9 Å². The van der Waals surface area contributed by atoms with Gasteiger partial charge in [-0.05, 0) is 44.0 Å². The molecule has 9 heteroatoms. The Balaban J connectivity index is 0.00000225. The Morgan fingerprint density at radius 1 is 1.46 bits per heavy atom. The van der Waals surface area contributed by atoms with Crippen LogP contribution in [0.1, 0.15) is 46.1 Å². The van der Waals surface area contributed by atoms with Gasteiger partial charge in [0.2, 0.25) is 5.78 Å². The minimum atomic E-state index is -0.593. The molecule has 4 heterocycles. The van der Waals surface area contributed by atoms with Crippen molar-refractivity contribution < 1.29 is 9.21 Å². The summed E-state index contributed by atoms with van der Waals surface area (Å²) in [5, 5.41) is 6.05. The highest BCUT2D eigenvalue weighted by Gasteiger charge is 2.22. The van der Waals surface area contributed by atoms with Crippen LogP contribution in [0.4, 0.5) is 0 Å². The van der Waals surface area contributed by atoms with Crippen molar-refractivity contribution in [3.8, 4) is 0 Å². The first-order valence-electron chi connectivity index (χ1n) is 9.04. The Morgan fingerprint density at radius 2 is 2.32 bits per heavy atom. The Morgan fingerprint density at radius 3 is 3.04 bits per heavy atom. The number of halogens is 1. The second-order valence-corrected chi connectivity index (χ2v) is 6.78. The third-order valence-corrected chi connectivity index (χ3v) is 4.81. The third kappa shape index (κ3) is 4.07. The molecule has 28 heavy (non-hydrogen) atoms. The Bertz CT molecular complexity index is 1010. The van der Waals surface area contributed by atoms with Gasteiger partial charge in [0, 0.05) is 31.1 Å². The zero-order valence-electron chi connectivity index (χ0n) is 15.5. The summed E-state index contributed by atoms with van der Waals surface area (Å²) in [5.74, 6) is 0.919. The summed E-state index contributed by atoms with van der Waals surface area (Å²) in [4.78, 5) is 33.4. The molecule has 1 saturated heterocycles. The molecule has 8 nitrogen and oxygen atoms in total. The van der Waals surface area contributed by atoms with Gasteiger partial charge in [-0.2, -0.15) is 0 Å². The smallest absolute Gasteiger partial charge is 0.349 e. The van der Waals surface area contributed by atoms with Gasteiger partial charge in [-0.3, -0.25) is 9.20 Å². The van der Waals surface area contributed by atoms with E-state index >= 15 is 0 Å². The molecule has 1 amide bonds. The number of nitrogens with one attached hydrogen (secondary N) is 2. The van der Waals surface area contributed by atoms with Crippen LogP contribution in [0.5, 0.6) is 0 Å². The summed E-state index contributed by atoms with van der Waals surface area (Å²) in [6.45, 7) is 3.74. The number of imidazole rings is 1. The molecule has 0 saturated carbocycles. The van der Waals surface area contributed by atoms with E-state index in [2.05, 4.69) is 20.6 Å². The lowest BCUT2D eigenvalue weighted by molar-refractivity contribution is 0.0945. The van der Waals surface area contributed by atoms with E-state index in [1.54, 1.807) is 29.8 Å². The van der Waals surface area contributed by atoms with Crippen molar-refractivity contribution in [1.82, 2.24) is 25.0 Å². The van der Waals surface area contributed by atoms with Crippen molar-refractivity contribution in [3.63, 3.8) is 0 Å². The standard InChI is InChI=1S/C19H21N5O3.ClH/c1-12-8-15(13-4-2-5-20-9-13)27-18(26)16(12)17(25)22-10-14-11-24-7-3-6-21-19(24)23-14;/h3,6-8,11,13,20H,2,4-5,9-10H2,1H3,(H,22,25);1H. The molecular weight excluding hydrogens is 382 g/mol. The number of piperidine rings is 1. The maximum Gasteiger partial charge on any atom is 0.349 e. The van der Waals surface area contributed by atoms with E-state index in [0.717, 1.165) is 25.9 Å². The van der Waals surface area contributed by atoms with Crippen LogP contribution in [0, 0.1) is 6.92 Å². The lowest BCUT2D eigenvalue weighted by Gasteiger charge is -2.22. The van der Waals surface area contributed by atoms with Gasteiger partial charge >= 0.3 is 5.63 Å².